The maximum atomic E-state index is 5.61. The van der Waals surface area contributed by atoms with Crippen LogP contribution in [0.3, 0.4) is 0 Å². The Balaban J connectivity index is 2.13. The van der Waals surface area contributed by atoms with Gasteiger partial charge in [-0.25, -0.2) is 0 Å². The van der Waals surface area contributed by atoms with Crippen molar-refractivity contribution in [1.29, 1.82) is 0 Å². The highest BCUT2D eigenvalue weighted by atomic mass is 35.5. The van der Waals surface area contributed by atoms with E-state index in [4.69, 9.17) is 21.1 Å². The van der Waals surface area contributed by atoms with Crippen LogP contribution in [0.25, 0.3) is 0 Å². The van der Waals surface area contributed by atoms with Crippen LogP contribution in [0.4, 0.5) is 0 Å². The van der Waals surface area contributed by atoms with E-state index < -0.39 is 0 Å². The van der Waals surface area contributed by atoms with Gasteiger partial charge in [0.1, 0.15) is 5.56 Å². The van der Waals surface area contributed by atoms with Crippen molar-refractivity contribution in [3.05, 3.63) is 0 Å². The summed E-state index contributed by atoms with van der Waals surface area (Å²) in [7, 11) is 0. The first-order valence-corrected chi connectivity index (χ1v) is 4.14. The number of rotatable bonds is 2. The van der Waals surface area contributed by atoms with Crippen LogP contribution in [0.5, 0.6) is 0 Å². The van der Waals surface area contributed by atoms with Crippen molar-refractivity contribution in [3.8, 4) is 0 Å². The largest absolute Gasteiger partial charge is 0.353 e. The molecular formula is C7H13ClO2. The minimum Gasteiger partial charge on any atom is -0.353 e. The second-order valence-corrected chi connectivity index (χ2v) is 3.09. The molecule has 1 heterocycles. The van der Waals surface area contributed by atoms with E-state index in [0.29, 0.717) is 0 Å². The molecule has 0 amide bonds. The lowest BCUT2D eigenvalue weighted by molar-refractivity contribution is -0.168. The van der Waals surface area contributed by atoms with Crippen molar-refractivity contribution in [2.45, 2.75) is 38.0 Å². The second kappa shape index (κ2) is 4.16. The van der Waals surface area contributed by atoms with Crippen LogP contribution in [-0.2, 0) is 9.47 Å². The second-order valence-electron chi connectivity index (χ2n) is 2.48. The summed E-state index contributed by atoms with van der Waals surface area (Å²) in [6.07, 6.45) is 3.27. The fraction of sp³-hybridized carbons (Fsp3) is 1.00. The van der Waals surface area contributed by atoms with Gasteiger partial charge in [-0.1, -0.05) is 11.6 Å². The van der Waals surface area contributed by atoms with Crippen molar-refractivity contribution in [1.82, 2.24) is 0 Å². The first-order chi connectivity index (χ1) is 4.79. The molecule has 0 bridgehead atoms. The Morgan fingerprint density at radius 2 is 2.40 bits per heavy atom. The molecule has 1 fully saturated rings. The van der Waals surface area contributed by atoms with E-state index in [1.165, 1.54) is 6.42 Å². The lowest BCUT2D eigenvalue weighted by Gasteiger charge is -2.23. The fourth-order valence-electron chi connectivity index (χ4n) is 1.03. The van der Waals surface area contributed by atoms with Crippen molar-refractivity contribution in [2.75, 3.05) is 6.61 Å². The zero-order valence-electron chi connectivity index (χ0n) is 6.18. The van der Waals surface area contributed by atoms with E-state index in [0.717, 1.165) is 19.4 Å². The highest BCUT2D eigenvalue weighted by Crippen LogP contribution is 2.15. The molecule has 0 saturated carbocycles. The molecule has 0 aromatic rings. The number of ether oxygens (including phenoxy) is 2. The van der Waals surface area contributed by atoms with E-state index >= 15 is 0 Å². The molecule has 10 heavy (non-hydrogen) atoms. The van der Waals surface area contributed by atoms with Crippen LogP contribution >= 0.6 is 11.6 Å². The Bertz CT molecular complexity index is 89.6. The van der Waals surface area contributed by atoms with Crippen molar-refractivity contribution < 1.29 is 9.47 Å². The Labute approximate surface area is 66.5 Å². The molecule has 0 aliphatic carbocycles. The molecular weight excluding hydrogens is 152 g/mol. The van der Waals surface area contributed by atoms with Gasteiger partial charge in [0, 0.05) is 6.61 Å². The van der Waals surface area contributed by atoms with E-state index in [9.17, 15) is 0 Å². The third-order valence-electron chi connectivity index (χ3n) is 1.48. The van der Waals surface area contributed by atoms with Crippen LogP contribution in [0.15, 0.2) is 0 Å². The number of halogens is 1. The molecule has 2 unspecified atom stereocenters. The van der Waals surface area contributed by atoms with Crippen LogP contribution in [0.1, 0.15) is 26.2 Å². The Morgan fingerprint density at radius 3 is 2.90 bits per heavy atom. The molecule has 0 aromatic heterocycles. The van der Waals surface area contributed by atoms with E-state index in [2.05, 4.69) is 0 Å². The smallest absolute Gasteiger partial charge is 0.159 e. The Hall–Kier alpha value is 0.210. The van der Waals surface area contributed by atoms with E-state index in [1.807, 2.05) is 0 Å². The first-order valence-electron chi connectivity index (χ1n) is 3.70. The lowest BCUT2D eigenvalue weighted by Crippen LogP contribution is -2.24. The zero-order valence-corrected chi connectivity index (χ0v) is 6.93. The lowest BCUT2D eigenvalue weighted by atomic mass is 10.2. The van der Waals surface area contributed by atoms with Gasteiger partial charge in [-0.05, 0) is 26.2 Å². The Kier molecular flexibility index (Phi) is 3.46. The summed E-state index contributed by atoms with van der Waals surface area (Å²) in [6, 6.07) is 0. The highest BCUT2D eigenvalue weighted by molar-refractivity contribution is 6.19. The van der Waals surface area contributed by atoms with Gasteiger partial charge in [-0.2, -0.15) is 0 Å². The van der Waals surface area contributed by atoms with Gasteiger partial charge < -0.3 is 9.47 Å². The van der Waals surface area contributed by atoms with Crippen LogP contribution in [0.2, 0.25) is 0 Å². The summed E-state index contributed by atoms with van der Waals surface area (Å²) in [5.74, 6) is 0. The standard InChI is InChI=1S/C7H13ClO2/c1-6(8)10-7-4-2-3-5-9-7/h6-7H,2-5H2,1H3. The summed E-state index contributed by atoms with van der Waals surface area (Å²) in [4.78, 5) is 0. The predicted octanol–water partition coefficient (Wildman–Crippen LogP) is 2.11. The third-order valence-corrected chi connectivity index (χ3v) is 1.58. The van der Waals surface area contributed by atoms with Crippen molar-refractivity contribution in [2.24, 2.45) is 0 Å². The van der Waals surface area contributed by atoms with E-state index in [-0.39, 0.29) is 11.9 Å². The molecule has 1 aliphatic heterocycles. The highest BCUT2D eigenvalue weighted by Gasteiger charge is 2.15. The van der Waals surface area contributed by atoms with Gasteiger partial charge in [0.2, 0.25) is 0 Å². The molecule has 2 nitrogen and oxygen atoms in total. The average molecular weight is 165 g/mol. The summed E-state index contributed by atoms with van der Waals surface area (Å²) in [5.41, 5.74) is -0.233. The summed E-state index contributed by atoms with van der Waals surface area (Å²) < 4.78 is 10.5. The predicted molar refractivity (Wildman–Crippen MR) is 40.0 cm³/mol. The van der Waals surface area contributed by atoms with Crippen LogP contribution in [0, 0.1) is 0 Å². The van der Waals surface area contributed by atoms with Crippen LogP contribution in [-0.4, -0.2) is 18.5 Å². The summed E-state index contributed by atoms with van der Waals surface area (Å²) >= 11 is 5.61. The monoisotopic (exact) mass is 164 g/mol. The molecule has 2 atom stereocenters. The molecule has 0 N–H and O–H groups in total. The van der Waals surface area contributed by atoms with Gasteiger partial charge in [0.25, 0.3) is 0 Å². The minimum absolute atomic E-state index is 0.0544. The maximum Gasteiger partial charge on any atom is 0.159 e. The van der Waals surface area contributed by atoms with Gasteiger partial charge in [0.05, 0.1) is 0 Å². The quantitative estimate of drug-likeness (QED) is 0.582. The first kappa shape index (κ1) is 8.31. The molecule has 0 aromatic carbocycles. The molecule has 60 valence electrons. The molecule has 1 saturated heterocycles. The minimum atomic E-state index is -0.233. The number of hydrogen-bond donors (Lipinski definition) is 0. The molecule has 3 heteroatoms. The number of alkyl halides is 1. The molecule has 0 spiro atoms. The van der Waals surface area contributed by atoms with Gasteiger partial charge >= 0.3 is 0 Å². The van der Waals surface area contributed by atoms with Crippen molar-refractivity contribution >= 4 is 11.6 Å². The van der Waals surface area contributed by atoms with Gasteiger partial charge in [-0.15, -0.1) is 0 Å². The van der Waals surface area contributed by atoms with Gasteiger partial charge in [-0.3, -0.25) is 0 Å². The topological polar surface area (TPSA) is 18.5 Å². The Morgan fingerprint density at radius 1 is 1.60 bits per heavy atom. The molecule has 1 aliphatic rings. The fourth-order valence-corrected chi connectivity index (χ4v) is 1.14. The average Bonchev–Trinajstić information content (AvgIpc) is 1.88. The van der Waals surface area contributed by atoms with Crippen LogP contribution < -0.4 is 0 Å². The summed E-state index contributed by atoms with van der Waals surface area (Å²) in [6.45, 7) is 2.62. The maximum absolute atomic E-state index is 5.61. The normalized spacial score (nSPS) is 30.0. The van der Waals surface area contributed by atoms with Gasteiger partial charge in [0.15, 0.2) is 6.29 Å². The number of hydrogen-bond acceptors (Lipinski definition) is 2. The van der Waals surface area contributed by atoms with Crippen molar-refractivity contribution in [3.63, 3.8) is 0 Å². The molecule has 1 rings (SSSR count). The zero-order chi connectivity index (χ0) is 7.40. The SMILES string of the molecule is CC(Cl)OC1CCCCO1. The molecule has 0 radical (unpaired) electrons. The summed E-state index contributed by atoms with van der Waals surface area (Å²) in [5, 5.41) is 0. The third kappa shape index (κ3) is 2.86. The van der Waals surface area contributed by atoms with E-state index in [1.54, 1.807) is 6.92 Å².